The summed E-state index contributed by atoms with van der Waals surface area (Å²) < 4.78 is 11.0. The maximum absolute atomic E-state index is 13.0. The van der Waals surface area contributed by atoms with Gasteiger partial charge in [0.1, 0.15) is 11.4 Å². The number of nitrogens with zero attached hydrogens (tertiary/aromatic N) is 1. The van der Waals surface area contributed by atoms with E-state index in [1.165, 1.54) is 23.1 Å². The van der Waals surface area contributed by atoms with Gasteiger partial charge in [0.2, 0.25) is 0 Å². The molecule has 0 saturated carbocycles. The van der Waals surface area contributed by atoms with Crippen molar-refractivity contribution in [2.45, 2.75) is 58.3 Å². The normalized spacial score (nSPS) is 14.0. The van der Waals surface area contributed by atoms with E-state index >= 15 is 0 Å². The van der Waals surface area contributed by atoms with Crippen LogP contribution in [0.2, 0.25) is 0 Å². The molecule has 1 aliphatic carbocycles. The summed E-state index contributed by atoms with van der Waals surface area (Å²) >= 11 is 0. The van der Waals surface area contributed by atoms with Gasteiger partial charge in [-0.1, -0.05) is 24.3 Å². The van der Waals surface area contributed by atoms with Crippen LogP contribution in [0.1, 0.15) is 59.5 Å². The summed E-state index contributed by atoms with van der Waals surface area (Å²) in [4.78, 5) is 38.6. The third-order valence-corrected chi connectivity index (χ3v) is 5.78. The second-order valence-corrected chi connectivity index (χ2v) is 9.78. The first-order valence-electron chi connectivity index (χ1n) is 12.0. The number of nitrogens with one attached hydrogen (secondary N) is 1. The van der Waals surface area contributed by atoms with Crippen molar-refractivity contribution in [1.29, 1.82) is 0 Å². The SMILES string of the molecule is CCOc1cc(C(=O)O)ccc1C(=O)NC[C@@H](O)CN(C(=O)OC(C)(C)C)C1Cc2ccccc2C1. The second kappa shape index (κ2) is 11.4. The molecule has 0 bridgehead atoms. The Labute approximate surface area is 211 Å². The molecule has 3 rings (SSSR count). The summed E-state index contributed by atoms with van der Waals surface area (Å²) in [5.74, 6) is -1.51. The van der Waals surface area contributed by atoms with Crippen LogP contribution in [0.3, 0.4) is 0 Å². The van der Waals surface area contributed by atoms with Crippen molar-refractivity contribution in [3.63, 3.8) is 0 Å². The van der Waals surface area contributed by atoms with Gasteiger partial charge in [0.15, 0.2) is 0 Å². The molecule has 2 aromatic rings. The van der Waals surface area contributed by atoms with Gasteiger partial charge < -0.3 is 29.9 Å². The number of benzene rings is 2. The first-order valence-corrected chi connectivity index (χ1v) is 12.0. The number of carboxylic acid groups (broad SMARTS) is 1. The van der Waals surface area contributed by atoms with Crippen LogP contribution >= 0.6 is 0 Å². The first kappa shape index (κ1) is 27.0. The highest BCUT2D eigenvalue weighted by Gasteiger charge is 2.34. The highest BCUT2D eigenvalue weighted by atomic mass is 16.6. The quantitative estimate of drug-likeness (QED) is 0.484. The topological polar surface area (TPSA) is 125 Å². The minimum absolute atomic E-state index is 0.000553. The van der Waals surface area contributed by atoms with Gasteiger partial charge in [0.05, 0.1) is 30.4 Å². The van der Waals surface area contributed by atoms with Crippen LogP contribution in [0, 0.1) is 0 Å². The molecule has 1 atom stereocenters. The minimum atomic E-state index is -1.13. The van der Waals surface area contributed by atoms with Crippen LogP contribution in [0.5, 0.6) is 5.75 Å². The fraction of sp³-hybridized carbons (Fsp3) is 0.444. The molecule has 1 aliphatic rings. The zero-order valence-corrected chi connectivity index (χ0v) is 21.1. The molecule has 36 heavy (non-hydrogen) atoms. The lowest BCUT2D eigenvalue weighted by molar-refractivity contribution is 0.00507. The molecule has 2 amide bonds. The highest BCUT2D eigenvalue weighted by molar-refractivity contribution is 5.98. The summed E-state index contributed by atoms with van der Waals surface area (Å²) in [7, 11) is 0. The molecule has 194 valence electrons. The third-order valence-electron chi connectivity index (χ3n) is 5.78. The minimum Gasteiger partial charge on any atom is -0.493 e. The van der Waals surface area contributed by atoms with E-state index < -0.39 is 29.7 Å². The molecule has 9 nitrogen and oxygen atoms in total. The number of hydrogen-bond acceptors (Lipinski definition) is 6. The van der Waals surface area contributed by atoms with Crippen molar-refractivity contribution in [2.75, 3.05) is 19.7 Å². The number of carboxylic acids is 1. The Morgan fingerprint density at radius 1 is 1.11 bits per heavy atom. The van der Waals surface area contributed by atoms with E-state index in [1.807, 2.05) is 24.3 Å². The predicted octanol–water partition coefficient (Wildman–Crippen LogP) is 3.28. The fourth-order valence-electron chi connectivity index (χ4n) is 4.16. The zero-order valence-electron chi connectivity index (χ0n) is 21.1. The summed E-state index contributed by atoms with van der Waals surface area (Å²) in [6, 6.07) is 11.8. The van der Waals surface area contributed by atoms with Gasteiger partial charge in [-0.25, -0.2) is 9.59 Å². The second-order valence-electron chi connectivity index (χ2n) is 9.78. The lowest BCUT2D eigenvalue weighted by Gasteiger charge is -2.33. The summed E-state index contributed by atoms with van der Waals surface area (Å²) in [5, 5.41) is 22.6. The van der Waals surface area contributed by atoms with Crippen molar-refractivity contribution >= 4 is 18.0 Å². The molecule has 0 aliphatic heterocycles. The molecular formula is C27H34N2O7. The smallest absolute Gasteiger partial charge is 0.410 e. The Balaban J connectivity index is 1.68. The molecule has 0 aromatic heterocycles. The fourth-order valence-corrected chi connectivity index (χ4v) is 4.16. The Bertz CT molecular complexity index is 1080. The average Bonchev–Trinajstić information content (AvgIpc) is 3.23. The van der Waals surface area contributed by atoms with E-state index in [2.05, 4.69) is 5.32 Å². The van der Waals surface area contributed by atoms with Gasteiger partial charge in [-0.2, -0.15) is 0 Å². The van der Waals surface area contributed by atoms with Crippen LogP contribution in [0.4, 0.5) is 4.79 Å². The van der Waals surface area contributed by atoms with Crippen LogP contribution in [-0.4, -0.2) is 70.5 Å². The van der Waals surface area contributed by atoms with Gasteiger partial charge in [0, 0.05) is 12.6 Å². The number of carbonyl (C=O) groups is 3. The average molecular weight is 499 g/mol. The number of fused-ring (bicyclic) bond motifs is 1. The highest BCUT2D eigenvalue weighted by Crippen LogP contribution is 2.27. The van der Waals surface area contributed by atoms with E-state index in [4.69, 9.17) is 9.47 Å². The van der Waals surface area contributed by atoms with Gasteiger partial charge >= 0.3 is 12.1 Å². The summed E-state index contributed by atoms with van der Waals surface area (Å²) in [5.41, 5.74) is 1.78. The lowest BCUT2D eigenvalue weighted by Crippen LogP contribution is -2.49. The van der Waals surface area contributed by atoms with Crippen LogP contribution in [-0.2, 0) is 17.6 Å². The van der Waals surface area contributed by atoms with Gasteiger partial charge in [-0.3, -0.25) is 4.79 Å². The van der Waals surface area contributed by atoms with Crippen LogP contribution < -0.4 is 10.1 Å². The number of carbonyl (C=O) groups excluding carboxylic acids is 2. The zero-order chi connectivity index (χ0) is 26.5. The Hall–Kier alpha value is -3.59. The maximum atomic E-state index is 13.0. The number of hydrogen-bond donors (Lipinski definition) is 3. The Kier molecular flexibility index (Phi) is 8.57. The van der Waals surface area contributed by atoms with E-state index in [0.29, 0.717) is 12.8 Å². The Morgan fingerprint density at radius 3 is 2.31 bits per heavy atom. The lowest BCUT2D eigenvalue weighted by atomic mass is 10.1. The third kappa shape index (κ3) is 6.97. The predicted molar refractivity (Wildman–Crippen MR) is 133 cm³/mol. The van der Waals surface area contributed by atoms with E-state index in [-0.39, 0.29) is 42.6 Å². The summed E-state index contributed by atoms with van der Waals surface area (Å²) in [6.07, 6.45) is -0.267. The number of aliphatic hydroxyl groups excluding tert-OH is 1. The number of amides is 2. The number of aliphatic hydroxyl groups is 1. The first-order chi connectivity index (χ1) is 17.0. The van der Waals surface area contributed by atoms with Crippen molar-refractivity contribution < 1.29 is 34.1 Å². The van der Waals surface area contributed by atoms with Crippen LogP contribution in [0.15, 0.2) is 42.5 Å². The maximum Gasteiger partial charge on any atom is 0.410 e. The molecule has 2 aromatic carbocycles. The largest absolute Gasteiger partial charge is 0.493 e. The molecule has 0 unspecified atom stereocenters. The molecule has 3 N–H and O–H groups in total. The van der Waals surface area contributed by atoms with Crippen molar-refractivity contribution in [3.8, 4) is 5.75 Å². The van der Waals surface area contributed by atoms with E-state index in [9.17, 15) is 24.6 Å². The molecular weight excluding hydrogens is 464 g/mol. The van der Waals surface area contributed by atoms with E-state index in [1.54, 1.807) is 27.7 Å². The van der Waals surface area contributed by atoms with E-state index in [0.717, 1.165) is 11.1 Å². The summed E-state index contributed by atoms with van der Waals surface area (Å²) in [6.45, 7) is 7.19. The molecule has 0 radical (unpaired) electrons. The number of rotatable bonds is 9. The Morgan fingerprint density at radius 2 is 1.75 bits per heavy atom. The van der Waals surface area contributed by atoms with Gasteiger partial charge in [0.25, 0.3) is 5.91 Å². The van der Waals surface area contributed by atoms with Gasteiger partial charge in [-0.05, 0) is 69.9 Å². The standard InChI is InChI=1S/C27H34N2O7/c1-5-35-23-14-19(25(32)33)10-11-22(23)24(31)28-15-21(30)16-29(26(34)36-27(2,3)4)20-12-17-8-6-7-9-18(17)13-20/h6-11,14,20-21,30H,5,12-13,15-16H2,1-4H3,(H,28,31)(H,32,33)/t21-/m1/s1. The molecule has 0 fully saturated rings. The molecule has 9 heteroatoms. The monoisotopic (exact) mass is 498 g/mol. The number of aromatic carboxylic acids is 1. The van der Waals surface area contributed by atoms with Crippen molar-refractivity contribution in [2.24, 2.45) is 0 Å². The molecule has 0 heterocycles. The van der Waals surface area contributed by atoms with Gasteiger partial charge in [-0.15, -0.1) is 0 Å². The van der Waals surface area contributed by atoms with Crippen molar-refractivity contribution in [1.82, 2.24) is 10.2 Å². The molecule has 0 saturated heterocycles. The number of ether oxygens (including phenoxy) is 2. The van der Waals surface area contributed by atoms with Crippen molar-refractivity contribution in [3.05, 3.63) is 64.7 Å². The van der Waals surface area contributed by atoms with Crippen LogP contribution in [0.25, 0.3) is 0 Å². The molecule has 0 spiro atoms.